The van der Waals surface area contributed by atoms with Gasteiger partial charge in [0.15, 0.2) is 0 Å². The first-order valence-corrected chi connectivity index (χ1v) is 5.49. The number of hydrogen-bond acceptors (Lipinski definition) is 3. The van der Waals surface area contributed by atoms with Gasteiger partial charge in [-0.15, -0.1) is 0 Å². The van der Waals surface area contributed by atoms with E-state index in [1.165, 1.54) is 7.11 Å². The van der Waals surface area contributed by atoms with Crippen molar-refractivity contribution in [3.05, 3.63) is 27.7 Å². The fraction of sp³-hybridized carbons (Fsp3) is 0.364. The van der Waals surface area contributed by atoms with E-state index >= 15 is 0 Å². The van der Waals surface area contributed by atoms with Gasteiger partial charge in [-0.2, -0.15) is 0 Å². The van der Waals surface area contributed by atoms with Gasteiger partial charge in [-0.1, -0.05) is 0 Å². The van der Waals surface area contributed by atoms with Gasteiger partial charge < -0.3 is 9.84 Å². The molecule has 0 bridgehead atoms. The van der Waals surface area contributed by atoms with Crippen LogP contribution >= 0.6 is 15.9 Å². The van der Waals surface area contributed by atoms with Crippen LogP contribution in [0.25, 0.3) is 0 Å². The lowest BCUT2D eigenvalue weighted by molar-refractivity contribution is -0.145. The Morgan fingerprint density at radius 1 is 1.47 bits per heavy atom. The molecule has 1 aromatic carbocycles. The van der Waals surface area contributed by atoms with E-state index in [0.717, 1.165) is 11.1 Å². The highest BCUT2D eigenvalue weighted by atomic mass is 79.9. The lowest BCUT2D eigenvalue weighted by atomic mass is 10.1. The summed E-state index contributed by atoms with van der Waals surface area (Å²) in [4.78, 5) is 11.4. The Hall–Kier alpha value is -1.03. The topological polar surface area (TPSA) is 46.5 Å². The summed E-state index contributed by atoms with van der Waals surface area (Å²) in [7, 11) is 1.40. The summed E-state index contributed by atoms with van der Waals surface area (Å²) < 4.78 is 5.39. The minimum atomic E-state index is -0.179. The third-order valence-corrected chi connectivity index (χ3v) is 3.37. The van der Waals surface area contributed by atoms with Gasteiger partial charge in [0.1, 0.15) is 5.75 Å². The lowest BCUT2D eigenvalue weighted by Gasteiger charge is -2.04. The monoisotopic (exact) mass is 270 g/mol. The molecule has 1 unspecified atom stereocenters. The second-order valence-electron chi connectivity index (χ2n) is 3.70. The number of halogens is 1. The molecule has 1 N–H and O–H groups in total. The van der Waals surface area contributed by atoms with E-state index in [1.54, 1.807) is 6.07 Å². The predicted octanol–water partition coefficient (Wildman–Crippen LogP) is 2.04. The number of aromatic hydroxyl groups is 1. The zero-order chi connectivity index (χ0) is 11.0. The molecule has 1 aliphatic carbocycles. The van der Waals surface area contributed by atoms with Crippen molar-refractivity contribution < 1.29 is 14.6 Å². The highest BCUT2D eigenvalue weighted by molar-refractivity contribution is 9.10. The standard InChI is InChI=1S/C11H11BrO3/c1-15-11(14)8-2-6-4-9(12)10(13)5-7(6)3-8/h4-5,8,13H,2-3H2,1H3. The third-order valence-electron chi connectivity index (χ3n) is 2.74. The molecule has 0 aliphatic heterocycles. The van der Waals surface area contributed by atoms with E-state index in [2.05, 4.69) is 15.9 Å². The van der Waals surface area contributed by atoms with E-state index in [4.69, 9.17) is 4.74 Å². The summed E-state index contributed by atoms with van der Waals surface area (Å²) in [6, 6.07) is 3.58. The minimum Gasteiger partial charge on any atom is -0.507 e. The highest BCUT2D eigenvalue weighted by Gasteiger charge is 2.28. The van der Waals surface area contributed by atoms with E-state index < -0.39 is 0 Å². The Kier molecular flexibility index (Phi) is 2.69. The first kappa shape index (κ1) is 10.5. The third kappa shape index (κ3) is 1.86. The van der Waals surface area contributed by atoms with Gasteiger partial charge in [0, 0.05) is 0 Å². The van der Waals surface area contributed by atoms with Crippen molar-refractivity contribution in [1.29, 1.82) is 0 Å². The fourth-order valence-electron chi connectivity index (χ4n) is 1.96. The number of carbonyl (C=O) groups excluding carboxylic acids is 1. The molecular formula is C11H11BrO3. The number of benzene rings is 1. The first-order chi connectivity index (χ1) is 7.11. The van der Waals surface area contributed by atoms with E-state index in [1.807, 2.05) is 6.07 Å². The van der Waals surface area contributed by atoms with E-state index in [9.17, 15) is 9.90 Å². The van der Waals surface area contributed by atoms with Crippen LogP contribution in [0.5, 0.6) is 5.75 Å². The molecule has 0 amide bonds. The van der Waals surface area contributed by atoms with Gasteiger partial charge in [0.05, 0.1) is 17.5 Å². The van der Waals surface area contributed by atoms with E-state index in [-0.39, 0.29) is 17.6 Å². The summed E-state index contributed by atoms with van der Waals surface area (Å²) in [6.07, 6.45) is 1.35. The van der Waals surface area contributed by atoms with Crippen molar-refractivity contribution in [2.75, 3.05) is 7.11 Å². The molecule has 1 atom stereocenters. The number of fused-ring (bicyclic) bond motifs is 1. The maximum atomic E-state index is 11.4. The van der Waals surface area contributed by atoms with Crippen LogP contribution in [0.2, 0.25) is 0 Å². The molecule has 1 aromatic rings. The summed E-state index contributed by atoms with van der Waals surface area (Å²) in [6.45, 7) is 0. The summed E-state index contributed by atoms with van der Waals surface area (Å²) >= 11 is 3.26. The largest absolute Gasteiger partial charge is 0.507 e. The maximum Gasteiger partial charge on any atom is 0.309 e. The van der Waals surface area contributed by atoms with Crippen LogP contribution in [0.3, 0.4) is 0 Å². The molecule has 0 spiro atoms. The number of rotatable bonds is 1. The number of methoxy groups -OCH3 is 1. The number of esters is 1. The molecule has 0 fully saturated rings. The molecular weight excluding hydrogens is 260 g/mol. The fourth-order valence-corrected chi connectivity index (χ4v) is 2.35. The molecule has 15 heavy (non-hydrogen) atoms. The van der Waals surface area contributed by atoms with Crippen LogP contribution in [0, 0.1) is 5.92 Å². The molecule has 3 nitrogen and oxygen atoms in total. The van der Waals surface area contributed by atoms with Crippen molar-refractivity contribution in [2.45, 2.75) is 12.8 Å². The van der Waals surface area contributed by atoms with Crippen molar-refractivity contribution in [2.24, 2.45) is 5.92 Å². The predicted molar refractivity (Wildman–Crippen MR) is 58.7 cm³/mol. The summed E-state index contributed by atoms with van der Waals surface area (Å²) in [5.41, 5.74) is 2.14. The first-order valence-electron chi connectivity index (χ1n) is 4.70. The Balaban J connectivity index is 2.27. The normalized spacial score (nSPS) is 18.7. The molecule has 0 radical (unpaired) electrons. The highest BCUT2D eigenvalue weighted by Crippen LogP contribution is 2.34. The molecule has 1 aliphatic rings. The number of ether oxygens (including phenoxy) is 1. The van der Waals surface area contributed by atoms with Crippen LogP contribution in [-0.4, -0.2) is 18.2 Å². The SMILES string of the molecule is COC(=O)C1Cc2cc(O)c(Br)cc2C1. The molecule has 0 aromatic heterocycles. The Bertz CT molecular complexity index is 384. The van der Waals surface area contributed by atoms with Crippen molar-refractivity contribution in [1.82, 2.24) is 0 Å². The van der Waals surface area contributed by atoms with Crippen LogP contribution in [0.15, 0.2) is 16.6 Å². The van der Waals surface area contributed by atoms with Gasteiger partial charge in [-0.25, -0.2) is 0 Å². The zero-order valence-corrected chi connectivity index (χ0v) is 9.87. The quantitative estimate of drug-likeness (QED) is 0.795. The maximum absolute atomic E-state index is 11.4. The second-order valence-corrected chi connectivity index (χ2v) is 4.55. The van der Waals surface area contributed by atoms with Gasteiger partial charge in [0.25, 0.3) is 0 Å². The van der Waals surface area contributed by atoms with Gasteiger partial charge >= 0.3 is 5.97 Å². The molecule has 0 saturated carbocycles. The number of phenolic OH excluding ortho intramolecular Hbond substituents is 1. The number of hydrogen-bond donors (Lipinski definition) is 1. The average Bonchev–Trinajstić information content (AvgIpc) is 2.60. The van der Waals surface area contributed by atoms with Crippen LogP contribution in [-0.2, 0) is 22.4 Å². The van der Waals surface area contributed by atoms with Crippen molar-refractivity contribution in [3.63, 3.8) is 0 Å². The molecule has 0 saturated heterocycles. The van der Waals surface area contributed by atoms with Gasteiger partial charge in [0.2, 0.25) is 0 Å². The van der Waals surface area contributed by atoms with Gasteiger partial charge in [-0.3, -0.25) is 4.79 Å². The minimum absolute atomic E-state index is 0.0984. The molecule has 80 valence electrons. The molecule has 2 rings (SSSR count). The Morgan fingerprint density at radius 2 is 2.07 bits per heavy atom. The van der Waals surface area contributed by atoms with Crippen LogP contribution in [0.1, 0.15) is 11.1 Å². The summed E-state index contributed by atoms with van der Waals surface area (Å²) in [5.74, 6) is -0.0558. The molecule has 4 heteroatoms. The second kappa shape index (κ2) is 3.85. The Morgan fingerprint density at radius 3 is 2.67 bits per heavy atom. The lowest BCUT2D eigenvalue weighted by Crippen LogP contribution is -2.15. The zero-order valence-electron chi connectivity index (χ0n) is 8.29. The van der Waals surface area contributed by atoms with Crippen LogP contribution < -0.4 is 0 Å². The van der Waals surface area contributed by atoms with E-state index in [0.29, 0.717) is 17.3 Å². The number of phenols is 1. The van der Waals surface area contributed by atoms with Gasteiger partial charge in [-0.05, 0) is 52.0 Å². The van der Waals surface area contributed by atoms with Crippen LogP contribution in [0.4, 0.5) is 0 Å². The molecule has 0 heterocycles. The Labute approximate surface area is 96.2 Å². The number of carbonyl (C=O) groups is 1. The van der Waals surface area contributed by atoms with Crippen molar-refractivity contribution in [3.8, 4) is 5.75 Å². The smallest absolute Gasteiger partial charge is 0.309 e. The van der Waals surface area contributed by atoms with Crippen molar-refractivity contribution >= 4 is 21.9 Å². The average molecular weight is 271 g/mol. The summed E-state index contributed by atoms with van der Waals surface area (Å²) in [5, 5.41) is 9.50.